The van der Waals surface area contributed by atoms with Crippen molar-refractivity contribution < 1.29 is 4.42 Å². The topological polar surface area (TPSA) is 64.7 Å². The van der Waals surface area contributed by atoms with Gasteiger partial charge in [-0.2, -0.15) is 0 Å². The second kappa shape index (κ2) is 4.95. The van der Waals surface area contributed by atoms with Crippen LogP contribution in [0.25, 0.3) is 22.9 Å². The summed E-state index contributed by atoms with van der Waals surface area (Å²) in [5, 5.41) is 8.41. The Bertz CT molecular complexity index is 715. The van der Waals surface area contributed by atoms with Gasteiger partial charge in [0.25, 0.3) is 5.89 Å². The van der Waals surface area contributed by atoms with Crippen molar-refractivity contribution in [3.8, 4) is 22.9 Å². The van der Waals surface area contributed by atoms with Crippen LogP contribution in [0, 0.1) is 0 Å². The van der Waals surface area contributed by atoms with Crippen LogP contribution >= 0.6 is 23.2 Å². The number of hydrogen-bond acceptors (Lipinski definition) is 5. The lowest BCUT2D eigenvalue weighted by Gasteiger charge is -1.98. The van der Waals surface area contributed by atoms with E-state index in [1.807, 2.05) is 6.07 Å². The maximum Gasteiger partial charge on any atom is 0.251 e. The normalized spacial score (nSPS) is 10.6. The molecule has 3 rings (SSSR count). The minimum Gasteiger partial charge on any atom is -0.416 e. The molecule has 0 aliphatic carbocycles. The minimum atomic E-state index is 0.217. The maximum atomic E-state index is 5.98. The van der Waals surface area contributed by atoms with Gasteiger partial charge in [-0.05, 0) is 24.3 Å². The minimum absolute atomic E-state index is 0.217. The molecule has 0 bridgehead atoms. The maximum absolute atomic E-state index is 5.98. The van der Waals surface area contributed by atoms with Crippen molar-refractivity contribution in [2.75, 3.05) is 0 Å². The molecule has 0 atom stereocenters. The Morgan fingerprint density at radius 3 is 2.58 bits per heavy atom. The van der Waals surface area contributed by atoms with Crippen LogP contribution in [-0.4, -0.2) is 20.2 Å². The molecule has 0 aromatic carbocycles. The van der Waals surface area contributed by atoms with E-state index in [4.69, 9.17) is 27.6 Å². The molecular formula is C12H6Cl2N4O. The van der Waals surface area contributed by atoms with E-state index in [-0.39, 0.29) is 11.0 Å². The van der Waals surface area contributed by atoms with Gasteiger partial charge in [0.05, 0.1) is 11.1 Å². The van der Waals surface area contributed by atoms with Crippen LogP contribution in [0.3, 0.4) is 0 Å². The van der Waals surface area contributed by atoms with Crippen LogP contribution in [0.1, 0.15) is 0 Å². The molecule has 0 unspecified atom stereocenters. The van der Waals surface area contributed by atoms with Crippen molar-refractivity contribution in [2.45, 2.75) is 0 Å². The van der Waals surface area contributed by atoms with Gasteiger partial charge in [-0.15, -0.1) is 10.2 Å². The number of rotatable bonds is 2. The standard InChI is InChI=1S/C12H6Cl2N4O/c13-9-4-3-8(10(14)16-9)12-18-17-11(19-12)7-2-1-5-15-6-7/h1-6H. The van der Waals surface area contributed by atoms with Gasteiger partial charge < -0.3 is 4.42 Å². The highest BCUT2D eigenvalue weighted by Gasteiger charge is 2.14. The second-order valence-corrected chi connectivity index (χ2v) is 4.37. The molecule has 3 aromatic rings. The zero-order chi connectivity index (χ0) is 13.2. The molecule has 3 heterocycles. The molecule has 0 amide bonds. The Balaban J connectivity index is 2.02. The van der Waals surface area contributed by atoms with Gasteiger partial charge in [0.2, 0.25) is 5.89 Å². The smallest absolute Gasteiger partial charge is 0.251 e. The summed E-state index contributed by atoms with van der Waals surface area (Å²) in [4.78, 5) is 7.91. The molecule has 0 saturated heterocycles. The average Bonchev–Trinajstić information content (AvgIpc) is 2.89. The lowest BCUT2D eigenvalue weighted by molar-refractivity contribution is 0.584. The summed E-state index contributed by atoms with van der Waals surface area (Å²) in [7, 11) is 0. The first-order chi connectivity index (χ1) is 9.24. The monoisotopic (exact) mass is 292 g/mol. The third-order valence-corrected chi connectivity index (χ3v) is 2.88. The van der Waals surface area contributed by atoms with Crippen molar-refractivity contribution in [1.82, 2.24) is 20.2 Å². The first-order valence-corrected chi connectivity index (χ1v) is 6.06. The second-order valence-electron chi connectivity index (χ2n) is 3.63. The molecule has 19 heavy (non-hydrogen) atoms. The fraction of sp³-hybridized carbons (Fsp3) is 0. The van der Waals surface area contributed by atoms with Crippen molar-refractivity contribution >= 4 is 23.2 Å². The largest absolute Gasteiger partial charge is 0.416 e. The Labute approximate surface area is 118 Å². The summed E-state index contributed by atoms with van der Waals surface area (Å²) < 4.78 is 5.55. The summed E-state index contributed by atoms with van der Waals surface area (Å²) in [6, 6.07) is 6.90. The number of nitrogens with zero attached hydrogens (tertiary/aromatic N) is 4. The van der Waals surface area contributed by atoms with E-state index >= 15 is 0 Å². The number of aromatic nitrogens is 4. The Morgan fingerprint density at radius 1 is 1.00 bits per heavy atom. The van der Waals surface area contributed by atoms with E-state index < -0.39 is 0 Å². The van der Waals surface area contributed by atoms with Gasteiger partial charge >= 0.3 is 0 Å². The molecule has 0 N–H and O–H groups in total. The molecule has 7 heteroatoms. The highest BCUT2D eigenvalue weighted by atomic mass is 35.5. The van der Waals surface area contributed by atoms with Crippen LogP contribution in [-0.2, 0) is 0 Å². The molecule has 94 valence electrons. The predicted octanol–water partition coefficient (Wildman–Crippen LogP) is 3.50. The van der Waals surface area contributed by atoms with E-state index in [1.165, 1.54) is 0 Å². The first kappa shape index (κ1) is 12.1. The lowest BCUT2D eigenvalue weighted by atomic mass is 10.3. The molecule has 0 radical (unpaired) electrons. The van der Waals surface area contributed by atoms with Gasteiger partial charge in [0.1, 0.15) is 10.3 Å². The van der Waals surface area contributed by atoms with Crippen molar-refractivity contribution in [3.63, 3.8) is 0 Å². The lowest BCUT2D eigenvalue weighted by Crippen LogP contribution is -1.83. The van der Waals surface area contributed by atoms with E-state index in [0.29, 0.717) is 16.6 Å². The van der Waals surface area contributed by atoms with E-state index in [0.717, 1.165) is 5.56 Å². The molecule has 0 aliphatic rings. The van der Waals surface area contributed by atoms with Crippen LogP contribution in [0.5, 0.6) is 0 Å². The molecule has 0 saturated carbocycles. The van der Waals surface area contributed by atoms with Crippen molar-refractivity contribution in [3.05, 3.63) is 47.0 Å². The van der Waals surface area contributed by atoms with Gasteiger partial charge in [0.15, 0.2) is 0 Å². The van der Waals surface area contributed by atoms with E-state index in [1.54, 1.807) is 30.6 Å². The highest BCUT2D eigenvalue weighted by Crippen LogP contribution is 2.28. The summed E-state index contributed by atoms with van der Waals surface area (Å²) in [6.45, 7) is 0. The van der Waals surface area contributed by atoms with Crippen molar-refractivity contribution in [2.24, 2.45) is 0 Å². The number of pyridine rings is 2. The fourth-order valence-corrected chi connectivity index (χ4v) is 1.94. The summed E-state index contributed by atoms with van der Waals surface area (Å²) in [6.07, 6.45) is 3.31. The zero-order valence-corrected chi connectivity index (χ0v) is 10.9. The molecule has 3 aromatic heterocycles. The number of hydrogen-bond donors (Lipinski definition) is 0. The Morgan fingerprint density at radius 2 is 1.84 bits per heavy atom. The van der Waals surface area contributed by atoms with E-state index in [2.05, 4.69) is 20.2 Å². The molecule has 0 fully saturated rings. The number of halogens is 2. The van der Waals surface area contributed by atoms with Gasteiger partial charge in [-0.3, -0.25) is 4.98 Å². The summed E-state index contributed by atoms with van der Waals surface area (Å²) >= 11 is 11.7. The zero-order valence-electron chi connectivity index (χ0n) is 9.42. The predicted molar refractivity (Wildman–Crippen MR) is 70.8 cm³/mol. The van der Waals surface area contributed by atoms with Crippen LogP contribution in [0.15, 0.2) is 41.1 Å². The first-order valence-electron chi connectivity index (χ1n) is 5.30. The molecule has 0 spiro atoms. The third-order valence-electron chi connectivity index (χ3n) is 2.38. The average molecular weight is 293 g/mol. The van der Waals surface area contributed by atoms with Crippen molar-refractivity contribution in [1.29, 1.82) is 0 Å². The summed E-state index contributed by atoms with van der Waals surface area (Å²) in [5.41, 5.74) is 1.27. The Hall–Kier alpha value is -1.98. The SMILES string of the molecule is Clc1ccc(-c2nnc(-c3cccnc3)o2)c(Cl)n1. The molecule has 5 nitrogen and oxygen atoms in total. The van der Waals surface area contributed by atoms with Crippen LogP contribution < -0.4 is 0 Å². The fourth-order valence-electron chi connectivity index (χ4n) is 1.51. The van der Waals surface area contributed by atoms with Crippen LogP contribution in [0.4, 0.5) is 0 Å². The van der Waals surface area contributed by atoms with Gasteiger partial charge in [0, 0.05) is 12.4 Å². The highest BCUT2D eigenvalue weighted by molar-refractivity contribution is 6.34. The van der Waals surface area contributed by atoms with E-state index in [9.17, 15) is 0 Å². The molecular weight excluding hydrogens is 287 g/mol. The van der Waals surface area contributed by atoms with Crippen LogP contribution in [0.2, 0.25) is 10.3 Å². The third kappa shape index (κ3) is 2.43. The van der Waals surface area contributed by atoms with Gasteiger partial charge in [-0.25, -0.2) is 4.98 Å². The summed E-state index contributed by atoms with van der Waals surface area (Å²) in [5.74, 6) is 0.655. The quantitative estimate of drug-likeness (QED) is 0.676. The Kier molecular flexibility index (Phi) is 3.15. The van der Waals surface area contributed by atoms with Gasteiger partial charge in [-0.1, -0.05) is 23.2 Å². The molecule has 0 aliphatic heterocycles.